The van der Waals surface area contributed by atoms with Gasteiger partial charge in [-0.05, 0) is 24.1 Å². The standard InChI is InChI=1S/C17H22N4O2/c1-22-15-5-3-13(4-6-15)10-21-8-7-14(11-21)20-16-9-17(23-2)19-12-18-16/h3-6,9,12,14H,7-8,10-11H2,1-2H3,(H,18,19,20). The fraction of sp³-hybridized carbons (Fsp3) is 0.412. The van der Waals surface area contributed by atoms with Crippen LogP contribution in [-0.4, -0.2) is 48.2 Å². The Hall–Kier alpha value is -2.34. The molecule has 1 atom stereocenters. The zero-order chi connectivity index (χ0) is 16.1. The lowest BCUT2D eigenvalue weighted by atomic mass is 10.2. The van der Waals surface area contributed by atoms with Crippen LogP contribution in [0.3, 0.4) is 0 Å². The SMILES string of the molecule is COc1ccc(CN2CCC(Nc3cc(OC)ncn3)C2)cc1. The van der Waals surface area contributed by atoms with Gasteiger partial charge in [0.1, 0.15) is 17.9 Å². The molecule has 0 spiro atoms. The lowest BCUT2D eigenvalue weighted by Crippen LogP contribution is -2.26. The quantitative estimate of drug-likeness (QED) is 0.882. The van der Waals surface area contributed by atoms with Crippen LogP contribution in [0.5, 0.6) is 11.6 Å². The van der Waals surface area contributed by atoms with Gasteiger partial charge in [-0.25, -0.2) is 9.97 Å². The number of anilines is 1. The van der Waals surface area contributed by atoms with E-state index in [4.69, 9.17) is 9.47 Å². The van der Waals surface area contributed by atoms with Crippen molar-refractivity contribution in [2.75, 3.05) is 32.6 Å². The fourth-order valence-corrected chi connectivity index (χ4v) is 2.82. The van der Waals surface area contributed by atoms with Crippen molar-refractivity contribution in [1.82, 2.24) is 14.9 Å². The molecule has 1 aromatic heterocycles. The van der Waals surface area contributed by atoms with E-state index in [0.29, 0.717) is 11.9 Å². The van der Waals surface area contributed by atoms with E-state index in [0.717, 1.165) is 37.6 Å². The highest BCUT2D eigenvalue weighted by molar-refractivity contribution is 5.38. The van der Waals surface area contributed by atoms with Gasteiger partial charge in [-0.15, -0.1) is 0 Å². The third-order valence-corrected chi connectivity index (χ3v) is 4.04. The molecule has 2 aromatic rings. The molecule has 1 fully saturated rings. The molecule has 122 valence electrons. The van der Waals surface area contributed by atoms with Crippen LogP contribution in [0.4, 0.5) is 5.82 Å². The minimum Gasteiger partial charge on any atom is -0.497 e. The number of hydrogen-bond donors (Lipinski definition) is 1. The summed E-state index contributed by atoms with van der Waals surface area (Å²) < 4.78 is 10.3. The summed E-state index contributed by atoms with van der Waals surface area (Å²) in [7, 11) is 3.30. The number of hydrogen-bond acceptors (Lipinski definition) is 6. The summed E-state index contributed by atoms with van der Waals surface area (Å²) in [5, 5.41) is 3.46. The first-order valence-corrected chi connectivity index (χ1v) is 7.74. The van der Waals surface area contributed by atoms with Crippen LogP contribution in [0, 0.1) is 0 Å². The maximum atomic E-state index is 5.20. The fourth-order valence-electron chi connectivity index (χ4n) is 2.82. The maximum Gasteiger partial charge on any atom is 0.218 e. The molecular formula is C17H22N4O2. The molecule has 0 radical (unpaired) electrons. The number of rotatable bonds is 6. The molecule has 1 N–H and O–H groups in total. The summed E-state index contributed by atoms with van der Waals surface area (Å²) in [5.74, 6) is 2.29. The number of benzene rings is 1. The zero-order valence-electron chi connectivity index (χ0n) is 13.5. The van der Waals surface area contributed by atoms with Crippen LogP contribution in [0.2, 0.25) is 0 Å². The van der Waals surface area contributed by atoms with Crippen molar-refractivity contribution >= 4 is 5.82 Å². The molecule has 23 heavy (non-hydrogen) atoms. The Morgan fingerprint density at radius 2 is 2.00 bits per heavy atom. The largest absolute Gasteiger partial charge is 0.497 e. The van der Waals surface area contributed by atoms with E-state index >= 15 is 0 Å². The number of methoxy groups -OCH3 is 2. The number of likely N-dealkylation sites (tertiary alicyclic amines) is 1. The van der Waals surface area contributed by atoms with E-state index < -0.39 is 0 Å². The van der Waals surface area contributed by atoms with Gasteiger partial charge in [0.15, 0.2) is 0 Å². The average Bonchev–Trinajstić information content (AvgIpc) is 3.02. The van der Waals surface area contributed by atoms with Gasteiger partial charge in [0.05, 0.1) is 14.2 Å². The summed E-state index contributed by atoms with van der Waals surface area (Å²) in [6.07, 6.45) is 2.62. The molecule has 0 aliphatic carbocycles. The number of aromatic nitrogens is 2. The molecule has 2 heterocycles. The predicted octanol–water partition coefficient (Wildman–Crippen LogP) is 2.18. The molecule has 3 rings (SSSR count). The van der Waals surface area contributed by atoms with Gasteiger partial charge in [0.25, 0.3) is 0 Å². The molecule has 1 aromatic carbocycles. The molecule has 6 nitrogen and oxygen atoms in total. The first-order valence-electron chi connectivity index (χ1n) is 7.74. The molecular weight excluding hydrogens is 292 g/mol. The van der Waals surface area contributed by atoms with Crippen LogP contribution >= 0.6 is 0 Å². The summed E-state index contributed by atoms with van der Waals surface area (Å²) in [5.41, 5.74) is 1.30. The first kappa shape index (κ1) is 15.6. The molecule has 0 amide bonds. The molecule has 1 aliphatic rings. The topological polar surface area (TPSA) is 59.5 Å². The maximum absolute atomic E-state index is 5.20. The first-order chi connectivity index (χ1) is 11.3. The summed E-state index contributed by atoms with van der Waals surface area (Å²) >= 11 is 0. The van der Waals surface area contributed by atoms with Gasteiger partial charge in [-0.2, -0.15) is 0 Å². The second-order valence-corrected chi connectivity index (χ2v) is 5.66. The molecule has 0 bridgehead atoms. The smallest absolute Gasteiger partial charge is 0.218 e. The van der Waals surface area contributed by atoms with Crippen molar-refractivity contribution in [3.63, 3.8) is 0 Å². The van der Waals surface area contributed by atoms with Gasteiger partial charge in [-0.3, -0.25) is 4.90 Å². The predicted molar refractivity (Wildman–Crippen MR) is 88.9 cm³/mol. The Morgan fingerprint density at radius 3 is 2.74 bits per heavy atom. The highest BCUT2D eigenvalue weighted by atomic mass is 16.5. The number of nitrogens with one attached hydrogen (secondary N) is 1. The minimum absolute atomic E-state index is 0.396. The van der Waals surface area contributed by atoms with Crippen molar-refractivity contribution < 1.29 is 9.47 Å². The Kier molecular flexibility index (Phi) is 4.92. The third kappa shape index (κ3) is 4.10. The third-order valence-electron chi connectivity index (χ3n) is 4.04. The average molecular weight is 314 g/mol. The van der Waals surface area contributed by atoms with Crippen LogP contribution in [0.15, 0.2) is 36.7 Å². The Balaban J connectivity index is 1.53. The van der Waals surface area contributed by atoms with E-state index in [1.165, 1.54) is 11.9 Å². The van der Waals surface area contributed by atoms with Gasteiger partial charge in [-0.1, -0.05) is 12.1 Å². The molecule has 6 heteroatoms. The molecule has 1 saturated heterocycles. The number of ether oxygens (including phenoxy) is 2. The van der Waals surface area contributed by atoms with Crippen molar-refractivity contribution in [3.05, 3.63) is 42.2 Å². The highest BCUT2D eigenvalue weighted by Gasteiger charge is 2.22. The van der Waals surface area contributed by atoms with E-state index in [1.807, 2.05) is 18.2 Å². The highest BCUT2D eigenvalue weighted by Crippen LogP contribution is 2.19. The van der Waals surface area contributed by atoms with Crippen molar-refractivity contribution in [3.8, 4) is 11.6 Å². The zero-order valence-corrected chi connectivity index (χ0v) is 13.5. The van der Waals surface area contributed by atoms with E-state index in [1.54, 1.807) is 14.2 Å². The normalized spacial score (nSPS) is 17.9. The monoisotopic (exact) mass is 314 g/mol. The summed E-state index contributed by atoms with van der Waals surface area (Å²) in [6, 6.07) is 10.5. The molecule has 1 unspecified atom stereocenters. The number of nitrogens with zero attached hydrogens (tertiary/aromatic N) is 3. The van der Waals surface area contributed by atoms with Crippen LogP contribution < -0.4 is 14.8 Å². The second kappa shape index (κ2) is 7.28. The van der Waals surface area contributed by atoms with Gasteiger partial charge in [0, 0.05) is 31.7 Å². The van der Waals surface area contributed by atoms with Crippen LogP contribution in [-0.2, 0) is 6.54 Å². The Labute approximate surface area is 136 Å². The Bertz CT molecular complexity index is 633. The minimum atomic E-state index is 0.396. The molecule has 1 aliphatic heterocycles. The Morgan fingerprint density at radius 1 is 1.17 bits per heavy atom. The van der Waals surface area contributed by atoms with Gasteiger partial charge in [0.2, 0.25) is 5.88 Å². The van der Waals surface area contributed by atoms with Crippen LogP contribution in [0.1, 0.15) is 12.0 Å². The van der Waals surface area contributed by atoms with Gasteiger partial charge < -0.3 is 14.8 Å². The second-order valence-electron chi connectivity index (χ2n) is 5.66. The van der Waals surface area contributed by atoms with E-state index in [2.05, 4.69) is 32.3 Å². The van der Waals surface area contributed by atoms with Crippen molar-refractivity contribution in [2.45, 2.75) is 19.0 Å². The molecule has 0 saturated carbocycles. The lowest BCUT2D eigenvalue weighted by molar-refractivity contribution is 0.328. The van der Waals surface area contributed by atoms with Gasteiger partial charge >= 0.3 is 0 Å². The summed E-state index contributed by atoms with van der Waals surface area (Å²) in [6.45, 7) is 3.03. The lowest BCUT2D eigenvalue weighted by Gasteiger charge is -2.17. The van der Waals surface area contributed by atoms with Crippen molar-refractivity contribution in [2.24, 2.45) is 0 Å². The van der Waals surface area contributed by atoms with Crippen molar-refractivity contribution in [1.29, 1.82) is 0 Å². The summed E-state index contributed by atoms with van der Waals surface area (Å²) in [4.78, 5) is 10.7. The van der Waals surface area contributed by atoms with Crippen LogP contribution in [0.25, 0.3) is 0 Å². The van der Waals surface area contributed by atoms with E-state index in [9.17, 15) is 0 Å². The van der Waals surface area contributed by atoms with E-state index in [-0.39, 0.29) is 0 Å².